The van der Waals surface area contributed by atoms with Gasteiger partial charge in [0.05, 0.1) is 12.0 Å². The Morgan fingerprint density at radius 2 is 1.80 bits per heavy atom. The van der Waals surface area contributed by atoms with Crippen molar-refractivity contribution >= 4 is 17.6 Å². The van der Waals surface area contributed by atoms with E-state index in [1.165, 1.54) is 0 Å². The quantitative estimate of drug-likeness (QED) is 0.362. The highest BCUT2D eigenvalue weighted by Gasteiger charge is 2.40. The lowest BCUT2D eigenvalue weighted by atomic mass is 9.84. The lowest BCUT2D eigenvalue weighted by Gasteiger charge is -2.27. The van der Waals surface area contributed by atoms with Crippen LogP contribution in [0.1, 0.15) is 77.0 Å². The molecule has 2 aliphatic carbocycles. The average Bonchev–Trinajstić information content (AvgIpc) is 2.82. The van der Waals surface area contributed by atoms with Crippen LogP contribution in [0.2, 0.25) is 0 Å². The van der Waals surface area contributed by atoms with E-state index in [2.05, 4.69) is 11.8 Å². The highest BCUT2D eigenvalue weighted by Crippen LogP contribution is 2.39. The molecule has 2 fully saturated rings. The van der Waals surface area contributed by atoms with E-state index in [9.17, 15) is 15.0 Å². The molecule has 4 nitrogen and oxygen atoms in total. The number of aliphatic hydroxyl groups excluding tert-OH is 1. The first-order valence-electron chi connectivity index (χ1n) is 9.70. The van der Waals surface area contributed by atoms with E-state index in [0.717, 1.165) is 57.8 Å². The molecule has 5 heteroatoms. The van der Waals surface area contributed by atoms with Gasteiger partial charge in [-0.2, -0.15) is 0 Å². The van der Waals surface area contributed by atoms with E-state index in [-0.39, 0.29) is 23.6 Å². The van der Waals surface area contributed by atoms with E-state index in [1.807, 2.05) is 0 Å². The van der Waals surface area contributed by atoms with Gasteiger partial charge in [-0.25, -0.2) is 0 Å². The molecule has 0 aromatic rings. The Morgan fingerprint density at radius 3 is 2.48 bits per heavy atom. The third-order valence-corrected chi connectivity index (χ3v) is 6.14. The van der Waals surface area contributed by atoms with Gasteiger partial charge in [0.2, 0.25) is 0 Å². The molecule has 0 unspecified atom stereocenters. The zero-order valence-corrected chi connectivity index (χ0v) is 15.7. The van der Waals surface area contributed by atoms with Crippen molar-refractivity contribution < 1.29 is 20.1 Å². The predicted molar refractivity (Wildman–Crippen MR) is 98.4 cm³/mol. The van der Waals surface area contributed by atoms with Crippen LogP contribution in [0.3, 0.4) is 0 Å². The van der Waals surface area contributed by atoms with Crippen molar-refractivity contribution in [3.05, 3.63) is 0 Å². The van der Waals surface area contributed by atoms with Gasteiger partial charge in [-0.15, -0.1) is 11.6 Å². The van der Waals surface area contributed by atoms with Crippen molar-refractivity contribution in [3.63, 3.8) is 0 Å². The molecule has 25 heavy (non-hydrogen) atoms. The van der Waals surface area contributed by atoms with Gasteiger partial charge >= 0.3 is 5.97 Å². The molecule has 2 saturated carbocycles. The summed E-state index contributed by atoms with van der Waals surface area (Å²) in [5, 5.41) is 29.4. The lowest BCUT2D eigenvalue weighted by Crippen LogP contribution is -2.30. The monoisotopic (exact) mass is 370 g/mol. The summed E-state index contributed by atoms with van der Waals surface area (Å²) < 4.78 is 0. The van der Waals surface area contributed by atoms with Gasteiger partial charge in [-0.05, 0) is 50.9 Å². The van der Waals surface area contributed by atoms with Gasteiger partial charge in [0, 0.05) is 11.8 Å². The Labute approximate surface area is 156 Å². The summed E-state index contributed by atoms with van der Waals surface area (Å²) in [7, 11) is 0. The second kappa shape index (κ2) is 9.80. The predicted octanol–water partition coefficient (Wildman–Crippen LogP) is 3.71. The molecule has 2 aliphatic rings. The van der Waals surface area contributed by atoms with Crippen LogP contribution in [-0.2, 0) is 4.79 Å². The Kier molecular flexibility index (Phi) is 8.06. The summed E-state index contributed by atoms with van der Waals surface area (Å²) in [6.45, 7) is 0. The maximum atomic E-state index is 10.6. The fraction of sp³-hybridized carbons (Fsp3) is 0.850. The summed E-state index contributed by atoms with van der Waals surface area (Å²) in [5.74, 6) is 5.49. The van der Waals surface area contributed by atoms with Gasteiger partial charge in [0.25, 0.3) is 0 Å². The van der Waals surface area contributed by atoms with E-state index < -0.39 is 17.7 Å². The fourth-order valence-electron chi connectivity index (χ4n) is 4.12. The van der Waals surface area contributed by atoms with Gasteiger partial charge < -0.3 is 15.3 Å². The van der Waals surface area contributed by atoms with Crippen LogP contribution in [0.5, 0.6) is 0 Å². The molecule has 3 N–H and O–H groups in total. The van der Waals surface area contributed by atoms with Crippen LogP contribution in [0.25, 0.3) is 0 Å². The summed E-state index contributed by atoms with van der Waals surface area (Å²) >= 11 is 6.44. The zero-order chi connectivity index (χ0) is 18.3. The molecular formula is C20H31ClO4. The number of carboxylic acids is 1. The minimum Gasteiger partial charge on any atom is -0.481 e. The highest BCUT2D eigenvalue weighted by molar-refractivity contribution is 6.21. The van der Waals surface area contributed by atoms with Crippen molar-refractivity contribution in [2.75, 3.05) is 0 Å². The maximum absolute atomic E-state index is 10.6. The minimum atomic E-state index is -0.885. The normalized spacial score (nSPS) is 31.3. The number of rotatable bonds is 7. The SMILES string of the molecule is O=C(O)CCCCCC[C@@H]1[C@@H](C#CC2(O)CCCCC2)[C@H](O)C[C@H]1Cl. The Bertz CT molecular complexity index is 490. The second-order valence-electron chi connectivity index (χ2n) is 7.72. The van der Waals surface area contributed by atoms with Crippen molar-refractivity contribution in [3.8, 4) is 11.8 Å². The lowest BCUT2D eigenvalue weighted by molar-refractivity contribution is -0.137. The second-order valence-corrected chi connectivity index (χ2v) is 8.28. The van der Waals surface area contributed by atoms with E-state index in [1.54, 1.807) is 0 Å². The first-order chi connectivity index (χ1) is 11.9. The molecular weight excluding hydrogens is 340 g/mol. The number of carbonyl (C=O) groups is 1. The van der Waals surface area contributed by atoms with Gasteiger partial charge in [-0.1, -0.05) is 37.5 Å². The van der Waals surface area contributed by atoms with E-state index >= 15 is 0 Å². The van der Waals surface area contributed by atoms with Crippen molar-refractivity contribution in [2.24, 2.45) is 11.8 Å². The highest BCUT2D eigenvalue weighted by atomic mass is 35.5. The number of unbranched alkanes of at least 4 members (excludes halogenated alkanes) is 3. The van der Waals surface area contributed by atoms with Crippen molar-refractivity contribution in [1.29, 1.82) is 0 Å². The first-order valence-corrected chi connectivity index (χ1v) is 10.1. The smallest absolute Gasteiger partial charge is 0.303 e. The van der Waals surface area contributed by atoms with Gasteiger partial charge in [0.1, 0.15) is 5.60 Å². The first kappa shape index (κ1) is 20.6. The summed E-state index contributed by atoms with van der Waals surface area (Å²) in [6.07, 6.45) is 9.37. The average molecular weight is 371 g/mol. The molecule has 2 rings (SSSR count). The van der Waals surface area contributed by atoms with Crippen molar-refractivity contribution in [2.45, 2.75) is 94.1 Å². The van der Waals surface area contributed by atoms with Crippen LogP contribution in [-0.4, -0.2) is 38.4 Å². The topological polar surface area (TPSA) is 77.8 Å². The zero-order valence-electron chi connectivity index (χ0n) is 14.9. The molecule has 0 radical (unpaired) electrons. The molecule has 0 heterocycles. The van der Waals surface area contributed by atoms with Crippen LogP contribution >= 0.6 is 11.6 Å². The van der Waals surface area contributed by atoms with Crippen LogP contribution in [0.15, 0.2) is 0 Å². The molecule has 0 aromatic carbocycles. The number of hydrogen-bond donors (Lipinski definition) is 3. The number of alkyl halides is 1. The molecule has 0 aliphatic heterocycles. The number of aliphatic hydroxyl groups is 2. The van der Waals surface area contributed by atoms with Crippen LogP contribution < -0.4 is 0 Å². The van der Waals surface area contributed by atoms with Crippen LogP contribution in [0, 0.1) is 23.7 Å². The molecule has 0 spiro atoms. The molecule has 4 atom stereocenters. The molecule has 0 bridgehead atoms. The molecule has 0 amide bonds. The number of carboxylic acid groups (broad SMARTS) is 1. The van der Waals surface area contributed by atoms with Gasteiger partial charge in [-0.3, -0.25) is 4.79 Å². The largest absolute Gasteiger partial charge is 0.481 e. The summed E-state index contributed by atoms with van der Waals surface area (Å²) in [5.41, 5.74) is -0.885. The summed E-state index contributed by atoms with van der Waals surface area (Å²) in [6, 6.07) is 0. The Balaban J connectivity index is 1.84. The Hall–Kier alpha value is -0.760. The van der Waals surface area contributed by atoms with E-state index in [4.69, 9.17) is 16.7 Å². The van der Waals surface area contributed by atoms with Crippen LogP contribution in [0.4, 0.5) is 0 Å². The number of aliphatic carboxylic acids is 1. The molecule has 0 saturated heterocycles. The fourth-order valence-corrected chi connectivity index (χ4v) is 4.58. The minimum absolute atomic E-state index is 0.0747. The number of halogens is 1. The Morgan fingerprint density at radius 1 is 1.12 bits per heavy atom. The molecule has 0 aromatic heterocycles. The number of hydrogen-bond acceptors (Lipinski definition) is 3. The van der Waals surface area contributed by atoms with E-state index in [0.29, 0.717) is 12.8 Å². The van der Waals surface area contributed by atoms with Gasteiger partial charge in [0.15, 0.2) is 0 Å². The standard InChI is InChI=1S/C20H31ClO4/c21-17-14-18(22)16(10-13-20(25)11-6-3-7-12-20)15(17)8-4-1-2-5-9-19(23)24/h15-18,22,25H,1-9,11-12,14H2,(H,23,24)/t15-,16-,17-,18-/m1/s1. The third-order valence-electron chi connectivity index (χ3n) is 5.64. The van der Waals surface area contributed by atoms with Crippen molar-refractivity contribution in [1.82, 2.24) is 0 Å². The summed E-state index contributed by atoms with van der Waals surface area (Å²) in [4.78, 5) is 10.5. The maximum Gasteiger partial charge on any atom is 0.303 e. The molecule has 142 valence electrons. The third kappa shape index (κ3) is 6.47.